The van der Waals surface area contributed by atoms with E-state index in [2.05, 4.69) is 5.16 Å². The standard InChI is InChI=1S/C13H16ClN3O2/c1-8-4-5-9(14)7-10(8)13(18)17-6-2-3-11(17)12(15)16-19/h4-5,7,11,19H,2-3,6H2,1H3,(H2,15,16). The largest absolute Gasteiger partial charge is 0.409 e. The van der Waals surface area contributed by atoms with Crippen molar-refractivity contribution in [1.29, 1.82) is 0 Å². The molecule has 1 aromatic carbocycles. The van der Waals surface area contributed by atoms with Gasteiger partial charge in [-0.15, -0.1) is 0 Å². The average molecular weight is 282 g/mol. The number of rotatable bonds is 2. The van der Waals surface area contributed by atoms with Crippen LogP contribution in [0.1, 0.15) is 28.8 Å². The maximum atomic E-state index is 12.5. The molecule has 102 valence electrons. The van der Waals surface area contributed by atoms with E-state index in [4.69, 9.17) is 22.5 Å². The molecular formula is C13H16ClN3O2. The van der Waals surface area contributed by atoms with Crippen molar-refractivity contribution in [3.63, 3.8) is 0 Å². The second-order valence-corrected chi connectivity index (χ2v) is 5.08. The summed E-state index contributed by atoms with van der Waals surface area (Å²) >= 11 is 5.93. The first-order valence-electron chi connectivity index (χ1n) is 6.09. The first-order valence-corrected chi connectivity index (χ1v) is 6.47. The van der Waals surface area contributed by atoms with Gasteiger partial charge in [0.05, 0.1) is 6.04 Å². The Balaban J connectivity index is 2.31. The van der Waals surface area contributed by atoms with Crippen LogP contribution < -0.4 is 5.73 Å². The van der Waals surface area contributed by atoms with E-state index in [1.54, 1.807) is 17.0 Å². The van der Waals surface area contributed by atoms with Crippen LogP contribution in [0.5, 0.6) is 0 Å². The number of oxime groups is 1. The fourth-order valence-corrected chi connectivity index (χ4v) is 2.54. The third kappa shape index (κ3) is 2.66. The molecule has 1 aliphatic heterocycles. The molecule has 0 saturated carbocycles. The quantitative estimate of drug-likeness (QED) is 0.377. The lowest BCUT2D eigenvalue weighted by atomic mass is 10.1. The molecule has 3 N–H and O–H groups in total. The average Bonchev–Trinajstić information content (AvgIpc) is 2.89. The number of carbonyl (C=O) groups excluding carboxylic acids is 1. The number of halogens is 1. The van der Waals surface area contributed by atoms with Crippen LogP contribution in [-0.4, -0.2) is 34.4 Å². The zero-order chi connectivity index (χ0) is 14.0. The Morgan fingerprint density at radius 1 is 1.58 bits per heavy atom. The van der Waals surface area contributed by atoms with Gasteiger partial charge in [0.1, 0.15) is 0 Å². The number of amides is 1. The molecule has 1 aromatic rings. The van der Waals surface area contributed by atoms with E-state index >= 15 is 0 Å². The summed E-state index contributed by atoms with van der Waals surface area (Å²) in [5, 5.41) is 12.3. The number of nitrogens with zero attached hydrogens (tertiary/aromatic N) is 2. The van der Waals surface area contributed by atoms with Crippen molar-refractivity contribution in [2.24, 2.45) is 10.9 Å². The molecule has 1 heterocycles. The maximum absolute atomic E-state index is 12.5. The fraction of sp³-hybridized carbons (Fsp3) is 0.385. The molecule has 5 nitrogen and oxygen atoms in total. The molecule has 0 radical (unpaired) electrons. The van der Waals surface area contributed by atoms with Crippen molar-refractivity contribution in [2.75, 3.05) is 6.54 Å². The fourth-order valence-electron chi connectivity index (χ4n) is 2.36. The second kappa shape index (κ2) is 5.48. The van der Waals surface area contributed by atoms with Crippen molar-refractivity contribution >= 4 is 23.3 Å². The lowest BCUT2D eigenvalue weighted by Gasteiger charge is -2.24. The zero-order valence-electron chi connectivity index (χ0n) is 10.6. The minimum atomic E-state index is -0.337. The second-order valence-electron chi connectivity index (χ2n) is 4.64. The lowest BCUT2D eigenvalue weighted by Crippen LogP contribution is -2.44. The van der Waals surface area contributed by atoms with Crippen LogP contribution in [-0.2, 0) is 0 Å². The molecule has 0 spiro atoms. The predicted octanol–water partition coefficient (Wildman–Crippen LogP) is 2.00. The molecular weight excluding hydrogens is 266 g/mol. The van der Waals surface area contributed by atoms with E-state index in [0.29, 0.717) is 23.6 Å². The van der Waals surface area contributed by atoms with Crippen LogP contribution in [0.2, 0.25) is 5.02 Å². The summed E-state index contributed by atoms with van der Waals surface area (Å²) < 4.78 is 0. The van der Waals surface area contributed by atoms with Gasteiger partial charge in [0.25, 0.3) is 5.91 Å². The highest BCUT2D eigenvalue weighted by Crippen LogP contribution is 2.23. The molecule has 0 aromatic heterocycles. The molecule has 1 fully saturated rings. The Morgan fingerprint density at radius 3 is 3.00 bits per heavy atom. The molecule has 1 atom stereocenters. The van der Waals surface area contributed by atoms with Crippen LogP contribution in [0.15, 0.2) is 23.4 Å². The summed E-state index contributed by atoms with van der Waals surface area (Å²) in [5.41, 5.74) is 7.05. The van der Waals surface area contributed by atoms with Gasteiger partial charge in [-0.3, -0.25) is 4.79 Å². The number of likely N-dealkylation sites (tertiary alicyclic amines) is 1. The van der Waals surface area contributed by atoms with Crippen molar-refractivity contribution in [2.45, 2.75) is 25.8 Å². The number of nitrogens with two attached hydrogens (primary N) is 1. The normalized spacial score (nSPS) is 19.8. The first-order chi connectivity index (χ1) is 9.04. The zero-order valence-corrected chi connectivity index (χ0v) is 11.4. The van der Waals surface area contributed by atoms with E-state index < -0.39 is 0 Å². The highest BCUT2D eigenvalue weighted by atomic mass is 35.5. The van der Waals surface area contributed by atoms with Gasteiger partial charge in [0.15, 0.2) is 5.84 Å². The maximum Gasteiger partial charge on any atom is 0.254 e. The Kier molecular flexibility index (Phi) is 3.95. The van der Waals surface area contributed by atoms with Gasteiger partial charge >= 0.3 is 0 Å². The van der Waals surface area contributed by atoms with Gasteiger partial charge in [-0.25, -0.2) is 0 Å². The Hall–Kier alpha value is -1.75. The van der Waals surface area contributed by atoms with E-state index in [1.165, 1.54) is 0 Å². The smallest absolute Gasteiger partial charge is 0.254 e. The van der Waals surface area contributed by atoms with Crippen LogP contribution in [0.3, 0.4) is 0 Å². The number of carbonyl (C=O) groups is 1. The predicted molar refractivity (Wildman–Crippen MR) is 73.7 cm³/mol. The number of aryl methyl sites for hydroxylation is 1. The minimum absolute atomic E-state index is 0.0746. The summed E-state index contributed by atoms with van der Waals surface area (Å²) in [6, 6.07) is 4.87. The summed E-state index contributed by atoms with van der Waals surface area (Å²) in [5.74, 6) is -0.0559. The number of hydrogen-bond acceptors (Lipinski definition) is 3. The van der Waals surface area contributed by atoms with Gasteiger partial charge in [-0.05, 0) is 37.5 Å². The number of hydrogen-bond donors (Lipinski definition) is 2. The van der Waals surface area contributed by atoms with Crippen LogP contribution in [0, 0.1) is 6.92 Å². The SMILES string of the molecule is Cc1ccc(Cl)cc1C(=O)N1CCCC1/C(N)=N/O. The van der Waals surface area contributed by atoms with E-state index in [9.17, 15) is 4.79 Å². The molecule has 1 aliphatic rings. The first kappa shape index (κ1) is 13.7. The van der Waals surface area contributed by atoms with Crippen LogP contribution in [0.25, 0.3) is 0 Å². The van der Waals surface area contributed by atoms with Crippen LogP contribution in [0.4, 0.5) is 0 Å². The van der Waals surface area contributed by atoms with Crippen molar-refractivity contribution < 1.29 is 10.0 Å². The molecule has 2 rings (SSSR count). The molecule has 6 heteroatoms. The topological polar surface area (TPSA) is 78.9 Å². The Morgan fingerprint density at radius 2 is 2.32 bits per heavy atom. The van der Waals surface area contributed by atoms with Gasteiger partial charge < -0.3 is 15.8 Å². The van der Waals surface area contributed by atoms with Gasteiger partial charge in [-0.2, -0.15) is 0 Å². The van der Waals surface area contributed by atoms with Crippen molar-refractivity contribution in [3.05, 3.63) is 34.3 Å². The molecule has 1 saturated heterocycles. The Labute approximate surface area is 116 Å². The van der Waals surface area contributed by atoms with E-state index in [0.717, 1.165) is 12.0 Å². The third-order valence-corrected chi connectivity index (χ3v) is 3.64. The molecule has 1 unspecified atom stereocenters. The van der Waals surface area contributed by atoms with Crippen molar-refractivity contribution in [3.8, 4) is 0 Å². The Bertz CT molecular complexity index is 531. The van der Waals surface area contributed by atoms with E-state index in [-0.39, 0.29) is 17.8 Å². The third-order valence-electron chi connectivity index (χ3n) is 3.40. The summed E-state index contributed by atoms with van der Waals surface area (Å²) in [6.45, 7) is 2.46. The summed E-state index contributed by atoms with van der Waals surface area (Å²) in [6.07, 6.45) is 1.55. The lowest BCUT2D eigenvalue weighted by molar-refractivity contribution is 0.0767. The van der Waals surface area contributed by atoms with E-state index in [1.807, 2.05) is 13.0 Å². The molecule has 0 bridgehead atoms. The van der Waals surface area contributed by atoms with Gasteiger partial charge in [0.2, 0.25) is 0 Å². The highest BCUT2D eigenvalue weighted by Gasteiger charge is 2.32. The van der Waals surface area contributed by atoms with Gasteiger partial charge in [-0.1, -0.05) is 22.8 Å². The minimum Gasteiger partial charge on any atom is -0.409 e. The van der Waals surface area contributed by atoms with Crippen molar-refractivity contribution in [1.82, 2.24) is 4.90 Å². The number of amidine groups is 1. The van der Waals surface area contributed by atoms with Gasteiger partial charge in [0, 0.05) is 17.1 Å². The summed E-state index contributed by atoms with van der Waals surface area (Å²) in [4.78, 5) is 14.2. The molecule has 19 heavy (non-hydrogen) atoms. The molecule has 1 amide bonds. The highest BCUT2D eigenvalue weighted by molar-refractivity contribution is 6.31. The molecule has 0 aliphatic carbocycles. The van der Waals surface area contributed by atoms with Crippen LogP contribution >= 0.6 is 11.6 Å². The summed E-state index contributed by atoms with van der Waals surface area (Å²) in [7, 11) is 0. The monoisotopic (exact) mass is 281 g/mol. The number of benzene rings is 1.